The van der Waals surface area contributed by atoms with Crippen molar-refractivity contribution in [1.82, 2.24) is 0 Å². The molecule has 0 spiro atoms. The lowest BCUT2D eigenvalue weighted by atomic mass is 10.3. The Balaban J connectivity index is 2.37. The average Bonchev–Trinajstić information content (AvgIpc) is 2.31. The van der Waals surface area contributed by atoms with Crippen molar-refractivity contribution in [3.05, 3.63) is 48.5 Å². The molecule has 21 heavy (non-hydrogen) atoms. The number of phenols is 1. The zero-order valence-electron chi connectivity index (χ0n) is 10.2. The van der Waals surface area contributed by atoms with Gasteiger partial charge in [0.2, 0.25) is 0 Å². The summed E-state index contributed by atoms with van der Waals surface area (Å²) in [4.78, 5) is 0. The van der Waals surface area contributed by atoms with E-state index in [4.69, 9.17) is 4.74 Å². The molecule has 0 amide bonds. The fraction of sp³-hybridized carbons (Fsp3) is 0. The van der Waals surface area contributed by atoms with E-state index in [0.29, 0.717) is 6.07 Å². The first-order valence-electron chi connectivity index (χ1n) is 5.43. The number of halogens is 5. The van der Waals surface area contributed by atoms with Crippen LogP contribution in [-0.4, -0.2) is 5.11 Å². The Labute approximate surface area is 116 Å². The predicted molar refractivity (Wildman–Crippen MR) is 68.4 cm³/mol. The molecule has 9 heteroatoms. The molecule has 2 aromatic rings. The highest BCUT2D eigenvalue weighted by Gasteiger charge is 2.67. The molecule has 0 aliphatic carbocycles. The van der Waals surface area contributed by atoms with Crippen LogP contribution in [0.3, 0.4) is 0 Å². The number of phenolic OH excluding ortho intramolecular Hbond substituents is 1. The van der Waals surface area contributed by atoms with E-state index < -0.39 is 22.0 Å². The maximum Gasteiger partial charge on any atom is 0.435 e. The van der Waals surface area contributed by atoms with E-state index in [-0.39, 0.29) is 11.5 Å². The van der Waals surface area contributed by atoms with Crippen LogP contribution in [0.25, 0.3) is 0 Å². The zero-order valence-corrected chi connectivity index (χ0v) is 11.0. The number of rotatable bonds is 4. The normalized spacial score (nSPS) is 14.9. The summed E-state index contributed by atoms with van der Waals surface area (Å²) in [6, 6.07) is 9.43. The third kappa shape index (κ3) is 4.71. The van der Waals surface area contributed by atoms with Gasteiger partial charge in [-0.25, -0.2) is 0 Å². The summed E-state index contributed by atoms with van der Waals surface area (Å²) in [5, 5.41) is 9.47. The quantitative estimate of drug-likeness (QED) is 0.723. The van der Waals surface area contributed by atoms with Gasteiger partial charge >= 0.3 is 10.5 Å². The van der Waals surface area contributed by atoms with Crippen molar-refractivity contribution in [2.75, 3.05) is 0 Å². The van der Waals surface area contributed by atoms with Crippen LogP contribution >= 0.6 is 10.5 Å². The number of hydrogen-bond donors (Lipinski definition) is 1. The largest absolute Gasteiger partial charge is 0.504 e. The van der Waals surface area contributed by atoms with Crippen LogP contribution in [0, 0.1) is 0 Å². The van der Waals surface area contributed by atoms with Crippen LogP contribution in [0.5, 0.6) is 23.0 Å². The third-order valence-corrected chi connectivity index (χ3v) is 2.68. The van der Waals surface area contributed by atoms with Crippen molar-refractivity contribution in [1.29, 1.82) is 0 Å². The van der Waals surface area contributed by atoms with Gasteiger partial charge in [0.15, 0.2) is 23.0 Å². The second kappa shape index (κ2) is 4.17. The molecule has 0 atom stereocenters. The van der Waals surface area contributed by atoms with Gasteiger partial charge in [-0.1, -0.05) is 43.7 Å². The Hall–Kier alpha value is -2.16. The number of ether oxygens (including phenoxy) is 1. The number of benzene rings is 2. The second-order valence-corrected chi connectivity index (χ2v) is 5.96. The van der Waals surface area contributed by atoms with Gasteiger partial charge in [-0.3, -0.25) is 0 Å². The minimum Gasteiger partial charge on any atom is -0.504 e. The zero-order chi connectivity index (χ0) is 15.8. The van der Waals surface area contributed by atoms with Gasteiger partial charge in [-0.05, 0) is 24.3 Å². The molecular formula is C12H9F5O3S. The minimum absolute atomic E-state index is 0.198. The van der Waals surface area contributed by atoms with Crippen LogP contribution in [0.2, 0.25) is 0 Å². The smallest absolute Gasteiger partial charge is 0.435 e. The molecular weight excluding hydrogens is 319 g/mol. The van der Waals surface area contributed by atoms with Crippen molar-refractivity contribution in [2.24, 2.45) is 0 Å². The first-order valence-corrected chi connectivity index (χ1v) is 7.31. The highest BCUT2D eigenvalue weighted by atomic mass is 32.5. The van der Waals surface area contributed by atoms with E-state index in [2.05, 4.69) is 4.18 Å². The SMILES string of the molecule is Oc1ccccc1Oc1ccccc1OS(F)(F)(F)(F)F. The molecule has 1 N–H and O–H groups in total. The Bertz CT molecular complexity index is 672. The average molecular weight is 328 g/mol. The first kappa shape index (κ1) is 15.2. The number of para-hydroxylation sites is 4. The fourth-order valence-corrected chi connectivity index (χ4v) is 1.91. The fourth-order valence-electron chi connectivity index (χ4n) is 1.43. The minimum atomic E-state index is -10.1. The summed E-state index contributed by atoms with van der Waals surface area (Å²) < 4.78 is 69.8. The highest BCUT2D eigenvalue weighted by molar-refractivity contribution is 8.42. The molecule has 2 aromatic carbocycles. The highest BCUT2D eigenvalue weighted by Crippen LogP contribution is 2.97. The molecule has 0 saturated heterocycles. The molecule has 2 rings (SSSR count). The lowest BCUT2D eigenvalue weighted by Crippen LogP contribution is -2.14. The molecule has 0 aliphatic rings. The Morgan fingerprint density at radius 2 is 1.19 bits per heavy atom. The standard InChI is InChI=1S/C12H9F5O3S/c13-21(14,15,16,17)20-12-8-4-3-7-11(12)19-10-6-2-1-5-9(10)18/h1-8,18H. The first-order chi connectivity index (χ1) is 9.43. The van der Waals surface area contributed by atoms with Gasteiger partial charge in [-0.2, -0.15) is 0 Å². The van der Waals surface area contributed by atoms with E-state index in [1.165, 1.54) is 30.3 Å². The number of hydrogen-bond acceptors (Lipinski definition) is 3. The summed E-state index contributed by atoms with van der Waals surface area (Å²) in [6.07, 6.45) is 0. The van der Waals surface area contributed by atoms with E-state index >= 15 is 0 Å². The third-order valence-electron chi connectivity index (χ3n) is 2.18. The van der Waals surface area contributed by atoms with Crippen molar-refractivity contribution in [2.45, 2.75) is 0 Å². The molecule has 0 fully saturated rings. The van der Waals surface area contributed by atoms with Gasteiger partial charge in [0.05, 0.1) is 0 Å². The lowest BCUT2D eigenvalue weighted by molar-refractivity contribution is 0.239. The lowest BCUT2D eigenvalue weighted by Gasteiger charge is -2.39. The molecule has 0 aliphatic heterocycles. The Kier molecular flexibility index (Phi) is 3.02. The summed E-state index contributed by atoms with van der Waals surface area (Å²) in [5.41, 5.74) is 0. The molecule has 0 unspecified atom stereocenters. The molecule has 0 heterocycles. The van der Waals surface area contributed by atoms with Gasteiger partial charge in [0, 0.05) is 0 Å². The summed E-state index contributed by atoms with van der Waals surface area (Å²) in [6.45, 7) is 0. The molecule has 0 radical (unpaired) electrons. The molecule has 0 bridgehead atoms. The van der Waals surface area contributed by atoms with Crippen molar-refractivity contribution in [3.63, 3.8) is 0 Å². The van der Waals surface area contributed by atoms with Crippen molar-refractivity contribution >= 4 is 10.5 Å². The summed E-state index contributed by atoms with van der Waals surface area (Å²) in [5.74, 6) is -2.36. The van der Waals surface area contributed by atoms with Crippen LogP contribution in [-0.2, 0) is 0 Å². The van der Waals surface area contributed by atoms with Crippen LogP contribution < -0.4 is 8.92 Å². The van der Waals surface area contributed by atoms with Crippen LogP contribution in [0.4, 0.5) is 19.4 Å². The van der Waals surface area contributed by atoms with Gasteiger partial charge < -0.3 is 14.0 Å². The van der Waals surface area contributed by atoms with Crippen LogP contribution in [0.15, 0.2) is 48.5 Å². The van der Waals surface area contributed by atoms with E-state index in [1.54, 1.807) is 0 Å². The Morgan fingerprint density at radius 3 is 1.71 bits per heavy atom. The van der Waals surface area contributed by atoms with Gasteiger partial charge in [-0.15, -0.1) is 0 Å². The maximum absolute atomic E-state index is 12.4. The van der Waals surface area contributed by atoms with E-state index in [0.717, 1.165) is 12.1 Å². The predicted octanol–water partition coefficient (Wildman–Crippen LogP) is 5.78. The molecule has 3 nitrogen and oxygen atoms in total. The van der Waals surface area contributed by atoms with Gasteiger partial charge in [0.1, 0.15) is 0 Å². The number of aromatic hydroxyl groups is 1. The van der Waals surface area contributed by atoms with Gasteiger partial charge in [0.25, 0.3) is 0 Å². The van der Waals surface area contributed by atoms with Crippen molar-refractivity contribution < 1.29 is 33.5 Å². The summed E-state index contributed by atoms with van der Waals surface area (Å²) in [7, 11) is -10.1. The summed E-state index contributed by atoms with van der Waals surface area (Å²) >= 11 is 0. The molecule has 0 aromatic heterocycles. The molecule has 116 valence electrons. The Morgan fingerprint density at radius 1 is 0.714 bits per heavy atom. The van der Waals surface area contributed by atoms with E-state index in [9.17, 15) is 24.5 Å². The topological polar surface area (TPSA) is 38.7 Å². The van der Waals surface area contributed by atoms with Crippen molar-refractivity contribution in [3.8, 4) is 23.0 Å². The second-order valence-electron chi connectivity index (χ2n) is 4.00. The molecule has 0 saturated carbocycles. The monoisotopic (exact) mass is 328 g/mol. The van der Waals surface area contributed by atoms with E-state index in [1.807, 2.05) is 0 Å². The maximum atomic E-state index is 12.4. The van der Waals surface area contributed by atoms with Crippen LogP contribution in [0.1, 0.15) is 0 Å².